The number of nitrogens with one attached hydrogen (secondary N) is 1. The summed E-state index contributed by atoms with van der Waals surface area (Å²) in [7, 11) is 1.61. The third kappa shape index (κ3) is 4.86. The van der Waals surface area contributed by atoms with Crippen molar-refractivity contribution in [3.05, 3.63) is 40.2 Å². The van der Waals surface area contributed by atoms with E-state index in [4.69, 9.17) is 13.9 Å². The van der Waals surface area contributed by atoms with Crippen LogP contribution >= 0.6 is 0 Å². The molecule has 0 bridgehead atoms. The first-order valence-corrected chi connectivity index (χ1v) is 15.3. The molecule has 212 valence electrons. The van der Waals surface area contributed by atoms with Crippen molar-refractivity contribution in [3.63, 3.8) is 0 Å². The smallest absolute Gasteiger partial charge is 0.336 e. The minimum atomic E-state index is -0.327. The molecule has 0 radical (unpaired) electrons. The maximum absolute atomic E-state index is 12.2. The average molecular weight is 536 g/mol. The highest BCUT2D eigenvalue weighted by Gasteiger charge is 2.60. The van der Waals surface area contributed by atoms with Gasteiger partial charge in [-0.05, 0) is 110 Å². The van der Waals surface area contributed by atoms with Gasteiger partial charge < -0.3 is 19.2 Å². The second kappa shape index (κ2) is 10.7. The quantitative estimate of drug-likeness (QED) is 0.333. The predicted octanol–water partition coefficient (Wildman–Crippen LogP) is 5.93. The fourth-order valence-corrected chi connectivity index (χ4v) is 9.44. The van der Waals surface area contributed by atoms with Gasteiger partial charge in [0.15, 0.2) is 0 Å². The number of ketones is 1. The molecule has 2 aromatic rings. The number of Topliss-reactive ketones (excluding diaryl/α,β-unsaturated/α-hetero) is 1. The normalized spacial score (nSPS) is 35.9. The van der Waals surface area contributed by atoms with Crippen LogP contribution in [0.4, 0.5) is 0 Å². The first kappa shape index (κ1) is 27.0. The van der Waals surface area contributed by atoms with Crippen molar-refractivity contribution < 1.29 is 18.7 Å². The number of methoxy groups -OCH3 is 1. The van der Waals surface area contributed by atoms with Crippen LogP contribution in [-0.2, 0) is 16.0 Å². The zero-order valence-electron chi connectivity index (χ0n) is 23.9. The number of hydrogen-bond donors (Lipinski definition) is 1. The largest absolute Gasteiger partial charge is 0.497 e. The van der Waals surface area contributed by atoms with Crippen molar-refractivity contribution in [1.82, 2.24) is 5.32 Å². The zero-order chi connectivity index (χ0) is 27.2. The second-order valence-corrected chi connectivity index (χ2v) is 13.3. The molecule has 6 nitrogen and oxygen atoms in total. The van der Waals surface area contributed by atoms with E-state index in [9.17, 15) is 9.59 Å². The van der Waals surface area contributed by atoms with E-state index in [0.29, 0.717) is 34.6 Å². The highest BCUT2D eigenvalue weighted by Crippen LogP contribution is 2.66. The third-order valence-electron chi connectivity index (χ3n) is 11.6. The van der Waals surface area contributed by atoms with Gasteiger partial charge in [-0.25, -0.2) is 4.79 Å². The van der Waals surface area contributed by atoms with Gasteiger partial charge in [0.05, 0.1) is 19.8 Å². The van der Waals surface area contributed by atoms with Gasteiger partial charge in [-0.1, -0.05) is 13.8 Å². The summed E-state index contributed by atoms with van der Waals surface area (Å²) in [5, 5.41) is 4.48. The van der Waals surface area contributed by atoms with Crippen LogP contribution in [0.5, 0.6) is 5.75 Å². The molecule has 0 saturated heterocycles. The maximum atomic E-state index is 12.2. The van der Waals surface area contributed by atoms with E-state index in [-0.39, 0.29) is 11.0 Å². The molecule has 1 aromatic carbocycles. The molecule has 0 spiro atoms. The Morgan fingerprint density at radius 2 is 1.82 bits per heavy atom. The fourth-order valence-electron chi connectivity index (χ4n) is 9.44. The van der Waals surface area contributed by atoms with Crippen LogP contribution in [0.3, 0.4) is 0 Å². The molecular formula is C33H45NO5. The van der Waals surface area contributed by atoms with Crippen LogP contribution in [0.2, 0.25) is 0 Å². The highest BCUT2D eigenvalue weighted by molar-refractivity contribution is 5.81. The summed E-state index contributed by atoms with van der Waals surface area (Å²) in [5.74, 6) is 4.17. The molecule has 1 N–H and O–H groups in total. The van der Waals surface area contributed by atoms with Gasteiger partial charge in [0.2, 0.25) is 0 Å². The summed E-state index contributed by atoms with van der Waals surface area (Å²) in [4.78, 5) is 24.2. The monoisotopic (exact) mass is 535 g/mol. The molecule has 39 heavy (non-hydrogen) atoms. The van der Waals surface area contributed by atoms with E-state index in [0.717, 1.165) is 74.1 Å². The van der Waals surface area contributed by atoms with Crippen molar-refractivity contribution in [2.45, 2.75) is 84.2 Å². The molecule has 6 heteroatoms. The lowest BCUT2D eigenvalue weighted by Gasteiger charge is -2.60. The molecule has 6 rings (SSSR count). The maximum Gasteiger partial charge on any atom is 0.336 e. The first-order chi connectivity index (χ1) is 18.8. The Kier molecular flexibility index (Phi) is 7.39. The molecule has 0 aliphatic heterocycles. The summed E-state index contributed by atoms with van der Waals surface area (Å²) in [6.07, 6.45) is 11.5. The molecular weight excluding hydrogens is 490 g/mol. The number of carbonyl (C=O) groups is 1. The first-order valence-electron chi connectivity index (χ1n) is 15.3. The predicted molar refractivity (Wildman–Crippen MR) is 152 cm³/mol. The summed E-state index contributed by atoms with van der Waals surface area (Å²) in [6, 6.07) is 7.23. The third-order valence-corrected chi connectivity index (χ3v) is 11.6. The van der Waals surface area contributed by atoms with Crippen LogP contribution in [-0.4, -0.2) is 38.7 Å². The standard InChI is InChI=1S/C33H45NO5/c1-32-13-10-23(35)19-22(32)4-6-26-27-8-9-30(33(27,2)14-11-28(26)32)38-17-16-34-15-12-21-18-31(36)39-29-20-24(37-3)5-7-25(21)29/h5,7,18,20,22,26-28,30,34H,4,6,8-17,19H2,1-3H3/t22-,26-,27-,28-,30-,32-,33-/m0/s1. The Hall–Kier alpha value is -2.18. The van der Waals surface area contributed by atoms with Gasteiger partial charge >= 0.3 is 5.63 Å². The van der Waals surface area contributed by atoms with Crippen molar-refractivity contribution in [3.8, 4) is 5.75 Å². The lowest BCUT2D eigenvalue weighted by Crippen LogP contribution is -2.54. The Balaban J connectivity index is 1.00. The van der Waals surface area contributed by atoms with Crippen molar-refractivity contribution in [1.29, 1.82) is 0 Å². The Bertz CT molecular complexity index is 1270. The number of hydrogen-bond acceptors (Lipinski definition) is 6. The Morgan fingerprint density at radius 1 is 0.974 bits per heavy atom. The van der Waals surface area contributed by atoms with Gasteiger partial charge in [-0.2, -0.15) is 0 Å². The summed E-state index contributed by atoms with van der Waals surface area (Å²) in [6.45, 7) is 7.35. The topological polar surface area (TPSA) is 77.8 Å². The number of carbonyl (C=O) groups excluding carboxylic acids is 1. The minimum Gasteiger partial charge on any atom is -0.497 e. The van der Waals surface area contributed by atoms with E-state index in [1.165, 1.54) is 38.5 Å². The van der Waals surface area contributed by atoms with Crippen molar-refractivity contribution in [2.24, 2.45) is 34.5 Å². The fraction of sp³-hybridized carbons (Fsp3) is 0.697. The number of fused-ring (bicyclic) bond motifs is 6. The van der Waals surface area contributed by atoms with Crippen molar-refractivity contribution >= 4 is 16.8 Å². The van der Waals surface area contributed by atoms with Crippen LogP contribution in [0.1, 0.15) is 77.2 Å². The van der Waals surface area contributed by atoms with Crippen molar-refractivity contribution in [2.75, 3.05) is 26.8 Å². The Labute approximate surface area is 232 Å². The lowest BCUT2D eigenvalue weighted by molar-refractivity contribution is -0.145. The van der Waals surface area contributed by atoms with E-state index in [1.54, 1.807) is 19.2 Å². The summed E-state index contributed by atoms with van der Waals surface area (Å²) in [5.41, 5.74) is 1.89. The number of ether oxygens (including phenoxy) is 2. The van der Waals surface area contributed by atoms with Gasteiger partial charge in [0.25, 0.3) is 0 Å². The van der Waals surface area contributed by atoms with E-state index in [1.807, 2.05) is 12.1 Å². The highest BCUT2D eigenvalue weighted by atomic mass is 16.5. The van der Waals surface area contributed by atoms with E-state index in [2.05, 4.69) is 19.2 Å². The molecule has 4 saturated carbocycles. The van der Waals surface area contributed by atoms with E-state index < -0.39 is 0 Å². The molecule has 1 aromatic heterocycles. The summed E-state index contributed by atoms with van der Waals surface area (Å²) >= 11 is 0. The Morgan fingerprint density at radius 3 is 2.67 bits per heavy atom. The van der Waals surface area contributed by atoms with Crippen LogP contribution < -0.4 is 15.7 Å². The number of benzene rings is 1. The average Bonchev–Trinajstić information content (AvgIpc) is 3.26. The van der Waals surface area contributed by atoms with Crippen LogP contribution in [0.15, 0.2) is 33.5 Å². The van der Waals surface area contributed by atoms with E-state index >= 15 is 0 Å². The molecule has 4 aliphatic rings. The van der Waals surface area contributed by atoms with Crippen LogP contribution in [0.25, 0.3) is 11.0 Å². The molecule has 0 amide bonds. The van der Waals surface area contributed by atoms with Gasteiger partial charge in [0.1, 0.15) is 17.1 Å². The van der Waals surface area contributed by atoms with Crippen LogP contribution in [0, 0.1) is 34.5 Å². The minimum absolute atomic E-state index is 0.285. The van der Waals surface area contributed by atoms with Gasteiger partial charge in [-0.15, -0.1) is 0 Å². The summed E-state index contributed by atoms with van der Waals surface area (Å²) < 4.78 is 17.2. The van der Waals surface area contributed by atoms with Gasteiger partial charge in [-0.3, -0.25) is 4.79 Å². The second-order valence-electron chi connectivity index (χ2n) is 13.3. The number of rotatable bonds is 8. The lowest BCUT2D eigenvalue weighted by atomic mass is 9.45. The zero-order valence-corrected chi connectivity index (χ0v) is 23.9. The molecule has 0 unspecified atom stereocenters. The molecule has 7 atom stereocenters. The molecule has 4 aliphatic carbocycles. The molecule has 1 heterocycles. The van der Waals surface area contributed by atoms with Gasteiger partial charge in [0, 0.05) is 36.9 Å². The SMILES string of the molecule is COc1ccc2c(CCNCCO[C@H]3CC[C@H]4[C@@H]5CC[C@H]6CC(=O)CC[C@]6(C)[C@H]5CC[C@]34C)cc(=O)oc2c1. The molecule has 4 fully saturated rings.